The van der Waals surface area contributed by atoms with Gasteiger partial charge < -0.3 is 4.90 Å². The first-order chi connectivity index (χ1) is 9.45. The number of nitrogens with zero attached hydrogens (tertiary/aromatic N) is 1. The summed E-state index contributed by atoms with van der Waals surface area (Å²) in [6, 6.07) is 12.6. The Balaban J connectivity index is 2.16. The summed E-state index contributed by atoms with van der Waals surface area (Å²) in [6.45, 7) is 0.490. The lowest BCUT2D eigenvalue weighted by molar-refractivity contribution is 0.0785. The van der Waals surface area contributed by atoms with Crippen LogP contribution >= 0.6 is 39.1 Å². The molecule has 0 aliphatic rings. The number of halogens is 3. The lowest BCUT2D eigenvalue weighted by Gasteiger charge is -2.18. The molecule has 1 amide bonds. The van der Waals surface area contributed by atoms with Gasteiger partial charge in [0.15, 0.2) is 0 Å². The molecule has 0 aromatic heterocycles. The minimum Gasteiger partial charge on any atom is -0.337 e. The molecule has 0 aliphatic carbocycles. The van der Waals surface area contributed by atoms with E-state index in [1.165, 1.54) is 0 Å². The highest BCUT2D eigenvalue weighted by atomic mass is 79.9. The molecule has 0 aliphatic heterocycles. The van der Waals surface area contributed by atoms with E-state index in [0.717, 1.165) is 10.0 Å². The molecule has 5 heteroatoms. The van der Waals surface area contributed by atoms with Crippen LogP contribution in [0.2, 0.25) is 10.0 Å². The van der Waals surface area contributed by atoms with Gasteiger partial charge in [0, 0.05) is 33.7 Å². The van der Waals surface area contributed by atoms with Gasteiger partial charge in [0.25, 0.3) is 5.91 Å². The zero-order valence-electron chi connectivity index (χ0n) is 10.7. The van der Waals surface area contributed by atoms with Gasteiger partial charge in [-0.05, 0) is 35.9 Å². The number of hydrogen-bond donors (Lipinski definition) is 0. The molecular formula is C15H12BrCl2NO. The maximum Gasteiger partial charge on any atom is 0.253 e. The summed E-state index contributed by atoms with van der Waals surface area (Å²) in [4.78, 5) is 14.0. The fraction of sp³-hybridized carbons (Fsp3) is 0.133. The number of carbonyl (C=O) groups is 1. The number of benzene rings is 2. The lowest BCUT2D eigenvalue weighted by atomic mass is 10.1. The van der Waals surface area contributed by atoms with Crippen LogP contribution in [-0.2, 0) is 6.54 Å². The van der Waals surface area contributed by atoms with Crippen LogP contribution in [0.5, 0.6) is 0 Å². The third-order valence-electron chi connectivity index (χ3n) is 2.76. The lowest BCUT2D eigenvalue weighted by Crippen LogP contribution is -2.26. The Morgan fingerprint density at radius 2 is 1.90 bits per heavy atom. The van der Waals surface area contributed by atoms with Crippen molar-refractivity contribution in [3.8, 4) is 0 Å². The standard InChI is InChI=1S/C15H12BrCl2NO/c1-19(9-10-3-2-4-13(17)5-10)15(20)11-6-12(16)8-14(18)7-11/h2-8H,9H2,1H3. The van der Waals surface area contributed by atoms with Crippen molar-refractivity contribution in [1.29, 1.82) is 0 Å². The molecule has 0 spiro atoms. The molecule has 2 aromatic rings. The molecule has 0 fully saturated rings. The number of carbonyl (C=O) groups excluding carboxylic acids is 1. The summed E-state index contributed by atoms with van der Waals surface area (Å²) < 4.78 is 0.782. The summed E-state index contributed by atoms with van der Waals surface area (Å²) in [5.74, 6) is -0.0897. The summed E-state index contributed by atoms with van der Waals surface area (Å²) in [7, 11) is 1.75. The molecule has 0 radical (unpaired) electrons. The molecule has 0 bridgehead atoms. The van der Waals surface area contributed by atoms with Crippen LogP contribution in [0, 0.1) is 0 Å². The summed E-state index contributed by atoms with van der Waals surface area (Å²) in [6.07, 6.45) is 0. The van der Waals surface area contributed by atoms with Crippen LogP contribution in [0.3, 0.4) is 0 Å². The van der Waals surface area contributed by atoms with Gasteiger partial charge in [-0.2, -0.15) is 0 Å². The second-order valence-electron chi connectivity index (χ2n) is 4.45. The first-order valence-corrected chi connectivity index (χ1v) is 7.46. The molecule has 20 heavy (non-hydrogen) atoms. The molecule has 0 saturated heterocycles. The first kappa shape index (κ1) is 15.4. The molecule has 0 N–H and O–H groups in total. The fourth-order valence-corrected chi connectivity index (χ4v) is 2.95. The average molecular weight is 373 g/mol. The predicted octanol–water partition coefficient (Wildman–Crippen LogP) is 5.03. The Morgan fingerprint density at radius 1 is 1.15 bits per heavy atom. The number of rotatable bonds is 3. The highest BCUT2D eigenvalue weighted by Gasteiger charge is 2.13. The maximum atomic E-state index is 12.4. The fourth-order valence-electron chi connectivity index (χ4n) is 1.88. The Kier molecular flexibility index (Phi) is 5.08. The zero-order valence-corrected chi connectivity index (χ0v) is 13.8. The van der Waals surface area contributed by atoms with Crippen LogP contribution in [0.25, 0.3) is 0 Å². The Hall–Kier alpha value is -1.03. The van der Waals surface area contributed by atoms with Crippen molar-refractivity contribution < 1.29 is 4.79 Å². The number of amides is 1. The predicted molar refractivity (Wildman–Crippen MR) is 86.4 cm³/mol. The van der Waals surface area contributed by atoms with Crippen LogP contribution in [-0.4, -0.2) is 17.9 Å². The van der Waals surface area contributed by atoms with E-state index < -0.39 is 0 Å². The second kappa shape index (κ2) is 6.61. The van der Waals surface area contributed by atoms with Gasteiger partial charge in [-0.15, -0.1) is 0 Å². The van der Waals surface area contributed by atoms with E-state index >= 15 is 0 Å². The van der Waals surface area contributed by atoms with Crippen LogP contribution in [0.4, 0.5) is 0 Å². The van der Waals surface area contributed by atoms with Crippen molar-refractivity contribution in [2.45, 2.75) is 6.54 Å². The highest BCUT2D eigenvalue weighted by molar-refractivity contribution is 9.10. The topological polar surface area (TPSA) is 20.3 Å². The van der Waals surface area contributed by atoms with Crippen LogP contribution in [0.1, 0.15) is 15.9 Å². The van der Waals surface area contributed by atoms with Crippen molar-refractivity contribution in [3.05, 3.63) is 68.1 Å². The van der Waals surface area contributed by atoms with E-state index in [1.54, 1.807) is 36.2 Å². The molecule has 2 nitrogen and oxygen atoms in total. The Morgan fingerprint density at radius 3 is 2.55 bits per heavy atom. The van der Waals surface area contributed by atoms with Gasteiger partial charge in [0.2, 0.25) is 0 Å². The largest absolute Gasteiger partial charge is 0.337 e. The third kappa shape index (κ3) is 3.98. The van der Waals surface area contributed by atoms with Gasteiger partial charge >= 0.3 is 0 Å². The van der Waals surface area contributed by atoms with E-state index in [9.17, 15) is 4.79 Å². The minimum absolute atomic E-state index is 0.0897. The third-order valence-corrected chi connectivity index (χ3v) is 3.68. The Bertz CT molecular complexity index is 625. The average Bonchev–Trinajstić information content (AvgIpc) is 2.36. The molecule has 104 valence electrons. The summed E-state index contributed by atoms with van der Waals surface area (Å²) in [5, 5.41) is 1.19. The smallest absolute Gasteiger partial charge is 0.253 e. The molecule has 0 atom stereocenters. The zero-order chi connectivity index (χ0) is 14.7. The molecule has 2 aromatic carbocycles. The van der Waals surface area contributed by atoms with Crippen molar-refractivity contribution >= 4 is 45.0 Å². The number of hydrogen-bond acceptors (Lipinski definition) is 1. The molecule has 0 unspecified atom stereocenters. The molecule has 2 rings (SSSR count). The SMILES string of the molecule is CN(Cc1cccc(Cl)c1)C(=O)c1cc(Cl)cc(Br)c1. The van der Waals surface area contributed by atoms with Gasteiger partial charge in [0.1, 0.15) is 0 Å². The highest BCUT2D eigenvalue weighted by Crippen LogP contribution is 2.21. The van der Waals surface area contributed by atoms with E-state index in [1.807, 2.05) is 18.2 Å². The molecule has 0 saturated carbocycles. The Labute approximate surface area is 136 Å². The normalized spacial score (nSPS) is 10.4. The minimum atomic E-state index is -0.0897. The van der Waals surface area contributed by atoms with Crippen molar-refractivity contribution in [2.24, 2.45) is 0 Å². The van der Waals surface area contributed by atoms with Gasteiger partial charge in [-0.3, -0.25) is 4.79 Å². The van der Waals surface area contributed by atoms with Crippen molar-refractivity contribution in [2.75, 3.05) is 7.05 Å². The maximum absolute atomic E-state index is 12.4. The molecule has 0 heterocycles. The van der Waals surface area contributed by atoms with E-state index in [2.05, 4.69) is 15.9 Å². The van der Waals surface area contributed by atoms with Gasteiger partial charge in [0.05, 0.1) is 0 Å². The van der Waals surface area contributed by atoms with E-state index in [0.29, 0.717) is 22.2 Å². The monoisotopic (exact) mass is 371 g/mol. The van der Waals surface area contributed by atoms with Gasteiger partial charge in [-0.25, -0.2) is 0 Å². The van der Waals surface area contributed by atoms with Gasteiger partial charge in [-0.1, -0.05) is 51.3 Å². The van der Waals surface area contributed by atoms with Crippen molar-refractivity contribution in [3.63, 3.8) is 0 Å². The van der Waals surface area contributed by atoms with E-state index in [-0.39, 0.29) is 5.91 Å². The summed E-state index contributed by atoms with van der Waals surface area (Å²) in [5.41, 5.74) is 1.53. The van der Waals surface area contributed by atoms with Crippen LogP contribution in [0.15, 0.2) is 46.9 Å². The summed E-state index contributed by atoms with van der Waals surface area (Å²) >= 11 is 15.2. The quantitative estimate of drug-likeness (QED) is 0.739. The molecular weight excluding hydrogens is 361 g/mol. The van der Waals surface area contributed by atoms with Crippen LogP contribution < -0.4 is 0 Å². The second-order valence-corrected chi connectivity index (χ2v) is 6.24. The first-order valence-electron chi connectivity index (χ1n) is 5.92. The van der Waals surface area contributed by atoms with E-state index in [4.69, 9.17) is 23.2 Å². The van der Waals surface area contributed by atoms with Crippen molar-refractivity contribution in [1.82, 2.24) is 4.90 Å².